The predicted molar refractivity (Wildman–Crippen MR) is 109 cm³/mol. The van der Waals surface area contributed by atoms with Crippen molar-refractivity contribution in [3.05, 3.63) is 59.8 Å². The first kappa shape index (κ1) is 18.3. The third-order valence-corrected chi connectivity index (χ3v) is 7.12. The van der Waals surface area contributed by atoms with Crippen LogP contribution in [0.25, 0.3) is 10.9 Å². The molecule has 1 aliphatic rings. The first-order valence-electron chi connectivity index (χ1n) is 9.10. The van der Waals surface area contributed by atoms with E-state index in [2.05, 4.69) is 16.8 Å². The Kier molecular flexibility index (Phi) is 4.82. The zero-order chi connectivity index (χ0) is 19.0. The molecule has 0 N–H and O–H groups in total. The summed E-state index contributed by atoms with van der Waals surface area (Å²) in [5.41, 5.74) is 1.57. The lowest BCUT2D eigenvalue weighted by atomic mass is 9.99. The van der Waals surface area contributed by atoms with Crippen molar-refractivity contribution in [2.45, 2.75) is 29.6 Å². The van der Waals surface area contributed by atoms with Gasteiger partial charge in [0, 0.05) is 29.7 Å². The number of halogens is 1. The minimum Gasteiger partial charge on any atom is -0.370 e. The molecule has 140 valence electrons. The molecule has 4 rings (SSSR count). The number of hydrogen-bond donors (Lipinski definition) is 0. The summed E-state index contributed by atoms with van der Waals surface area (Å²) in [4.78, 5) is 7.14. The molecule has 2 aromatic carbocycles. The van der Waals surface area contributed by atoms with Crippen LogP contribution in [-0.4, -0.2) is 26.5 Å². The number of para-hydroxylation sites is 1. The third-order valence-electron chi connectivity index (χ3n) is 5.10. The molecular weight excluding hydrogens is 380 g/mol. The second-order valence-corrected chi connectivity index (χ2v) is 9.49. The van der Waals surface area contributed by atoms with Crippen LogP contribution < -0.4 is 4.90 Å². The van der Waals surface area contributed by atoms with Gasteiger partial charge in [-0.25, -0.2) is 8.42 Å². The second-order valence-electron chi connectivity index (χ2n) is 7.14. The standard InChI is InChI=1S/C21H21ClN2O2S/c1-15-5-4-12-24(14-15)21-18-6-2-3-7-19(18)23-13-20(21)27(25,26)17-10-8-16(22)9-11-17/h2-3,6-11,13,15H,4-5,12,14H2,1H3. The summed E-state index contributed by atoms with van der Waals surface area (Å²) in [5, 5.41) is 1.39. The molecule has 1 atom stereocenters. The van der Waals surface area contributed by atoms with E-state index >= 15 is 0 Å². The number of hydrogen-bond acceptors (Lipinski definition) is 4. The molecule has 0 aliphatic carbocycles. The van der Waals surface area contributed by atoms with Gasteiger partial charge in [-0.3, -0.25) is 4.98 Å². The molecule has 0 bridgehead atoms. The van der Waals surface area contributed by atoms with E-state index in [1.807, 2.05) is 24.3 Å². The molecule has 6 heteroatoms. The molecule has 1 aliphatic heterocycles. The van der Waals surface area contributed by atoms with Crippen LogP contribution in [0.4, 0.5) is 5.69 Å². The number of piperidine rings is 1. The Morgan fingerprint density at radius 2 is 1.85 bits per heavy atom. The lowest BCUT2D eigenvalue weighted by Gasteiger charge is -2.34. The monoisotopic (exact) mass is 400 g/mol. The number of rotatable bonds is 3. The Morgan fingerprint density at radius 1 is 1.11 bits per heavy atom. The molecule has 1 fully saturated rings. The van der Waals surface area contributed by atoms with E-state index in [-0.39, 0.29) is 9.79 Å². The first-order chi connectivity index (χ1) is 13.0. The molecule has 4 nitrogen and oxygen atoms in total. The SMILES string of the molecule is CC1CCCN(c2c(S(=O)(=O)c3ccc(Cl)cc3)cnc3ccccc23)C1. The molecule has 1 saturated heterocycles. The van der Waals surface area contributed by atoms with Gasteiger partial charge in [-0.05, 0) is 49.1 Å². The second kappa shape index (κ2) is 7.13. The van der Waals surface area contributed by atoms with Crippen molar-refractivity contribution in [1.82, 2.24) is 4.98 Å². The zero-order valence-corrected chi connectivity index (χ0v) is 16.7. The van der Waals surface area contributed by atoms with Crippen LogP contribution in [0.1, 0.15) is 19.8 Å². The Balaban J connectivity index is 1.95. The number of sulfone groups is 1. The van der Waals surface area contributed by atoms with Gasteiger partial charge in [0.2, 0.25) is 9.84 Å². The molecule has 3 aromatic rings. The predicted octanol–water partition coefficient (Wildman–Crippen LogP) is 4.96. The van der Waals surface area contributed by atoms with E-state index in [9.17, 15) is 8.42 Å². The third kappa shape index (κ3) is 3.42. The highest BCUT2D eigenvalue weighted by atomic mass is 35.5. The van der Waals surface area contributed by atoms with Crippen LogP contribution in [0.2, 0.25) is 5.02 Å². The van der Waals surface area contributed by atoms with Crippen molar-refractivity contribution in [3.63, 3.8) is 0 Å². The van der Waals surface area contributed by atoms with Crippen molar-refractivity contribution < 1.29 is 8.42 Å². The van der Waals surface area contributed by atoms with Crippen LogP contribution in [0.3, 0.4) is 0 Å². The quantitative estimate of drug-likeness (QED) is 0.623. The van der Waals surface area contributed by atoms with Crippen LogP contribution >= 0.6 is 11.6 Å². The van der Waals surface area contributed by atoms with Gasteiger partial charge in [-0.1, -0.05) is 36.7 Å². The van der Waals surface area contributed by atoms with Crippen molar-refractivity contribution in [2.75, 3.05) is 18.0 Å². The zero-order valence-electron chi connectivity index (χ0n) is 15.1. The summed E-state index contributed by atoms with van der Waals surface area (Å²) in [5.74, 6) is 0.525. The molecule has 0 saturated carbocycles. The highest BCUT2D eigenvalue weighted by Gasteiger charge is 2.28. The molecule has 1 aromatic heterocycles. The lowest BCUT2D eigenvalue weighted by Crippen LogP contribution is -2.35. The van der Waals surface area contributed by atoms with Gasteiger partial charge in [-0.2, -0.15) is 0 Å². The molecule has 0 radical (unpaired) electrons. The van der Waals surface area contributed by atoms with Crippen molar-refractivity contribution >= 4 is 38.0 Å². The number of nitrogens with zero attached hydrogens (tertiary/aromatic N) is 2. The van der Waals surface area contributed by atoms with Gasteiger partial charge in [0.05, 0.1) is 16.1 Å². The summed E-state index contributed by atoms with van der Waals surface area (Å²) in [7, 11) is -3.71. The van der Waals surface area contributed by atoms with Crippen LogP contribution in [0, 0.1) is 5.92 Å². The summed E-state index contributed by atoms with van der Waals surface area (Å²) in [6.45, 7) is 3.90. The summed E-state index contributed by atoms with van der Waals surface area (Å²) in [6, 6.07) is 14.0. The minimum atomic E-state index is -3.71. The number of aromatic nitrogens is 1. The van der Waals surface area contributed by atoms with Gasteiger partial charge in [0.15, 0.2) is 0 Å². The van der Waals surface area contributed by atoms with Crippen LogP contribution in [-0.2, 0) is 9.84 Å². The molecule has 1 unspecified atom stereocenters. The normalized spacial score (nSPS) is 18.0. The lowest BCUT2D eigenvalue weighted by molar-refractivity contribution is 0.446. The highest BCUT2D eigenvalue weighted by molar-refractivity contribution is 7.91. The van der Waals surface area contributed by atoms with E-state index in [1.54, 1.807) is 24.3 Å². The maximum atomic E-state index is 13.4. The van der Waals surface area contributed by atoms with E-state index in [0.717, 1.165) is 36.1 Å². The molecule has 0 spiro atoms. The fourth-order valence-electron chi connectivity index (χ4n) is 3.76. The van der Waals surface area contributed by atoms with Gasteiger partial charge in [0.1, 0.15) is 4.90 Å². The highest BCUT2D eigenvalue weighted by Crippen LogP contribution is 2.37. The van der Waals surface area contributed by atoms with Gasteiger partial charge >= 0.3 is 0 Å². The largest absolute Gasteiger partial charge is 0.370 e. The van der Waals surface area contributed by atoms with E-state index in [0.29, 0.717) is 10.9 Å². The topological polar surface area (TPSA) is 50.3 Å². The van der Waals surface area contributed by atoms with E-state index in [4.69, 9.17) is 11.6 Å². The van der Waals surface area contributed by atoms with E-state index in [1.165, 1.54) is 12.6 Å². The van der Waals surface area contributed by atoms with Gasteiger partial charge in [-0.15, -0.1) is 0 Å². The smallest absolute Gasteiger partial charge is 0.210 e. The molecule has 27 heavy (non-hydrogen) atoms. The number of pyridine rings is 1. The summed E-state index contributed by atoms with van der Waals surface area (Å²) >= 11 is 5.94. The van der Waals surface area contributed by atoms with Crippen LogP contribution in [0.15, 0.2) is 64.5 Å². The maximum Gasteiger partial charge on any atom is 0.210 e. The van der Waals surface area contributed by atoms with Crippen molar-refractivity contribution in [3.8, 4) is 0 Å². The number of benzene rings is 2. The van der Waals surface area contributed by atoms with E-state index < -0.39 is 9.84 Å². The van der Waals surface area contributed by atoms with Gasteiger partial charge in [0.25, 0.3) is 0 Å². The Bertz CT molecular complexity index is 1080. The van der Waals surface area contributed by atoms with Gasteiger partial charge < -0.3 is 4.90 Å². The first-order valence-corrected chi connectivity index (χ1v) is 11.0. The number of anilines is 1. The summed E-state index contributed by atoms with van der Waals surface area (Å²) < 4.78 is 26.8. The minimum absolute atomic E-state index is 0.232. The van der Waals surface area contributed by atoms with Crippen LogP contribution in [0.5, 0.6) is 0 Å². The Hall–Kier alpha value is -2.11. The molecule has 2 heterocycles. The maximum absolute atomic E-state index is 13.4. The molecule has 0 amide bonds. The molecular formula is C21H21ClN2O2S. The Labute approximate surface area is 164 Å². The van der Waals surface area contributed by atoms with Crippen molar-refractivity contribution in [2.24, 2.45) is 5.92 Å². The fraction of sp³-hybridized carbons (Fsp3) is 0.286. The Morgan fingerprint density at radius 3 is 2.59 bits per heavy atom. The fourth-order valence-corrected chi connectivity index (χ4v) is 5.32. The average molecular weight is 401 g/mol. The number of fused-ring (bicyclic) bond motifs is 1. The van der Waals surface area contributed by atoms with Crippen molar-refractivity contribution in [1.29, 1.82) is 0 Å². The average Bonchev–Trinajstić information content (AvgIpc) is 2.67. The summed E-state index contributed by atoms with van der Waals surface area (Å²) in [6.07, 6.45) is 3.72.